The molecule has 0 saturated heterocycles. The van der Waals surface area contributed by atoms with Crippen molar-refractivity contribution in [3.8, 4) is 28.0 Å². The second-order valence-corrected chi connectivity index (χ2v) is 6.11. The molecule has 0 spiro atoms. The number of hydrogen-bond donors (Lipinski definition) is 1. The van der Waals surface area contributed by atoms with Crippen LogP contribution in [-0.2, 0) is 4.79 Å². The predicted octanol–water partition coefficient (Wildman–Crippen LogP) is 6.44. The van der Waals surface area contributed by atoms with Crippen LogP contribution in [-0.4, -0.2) is 24.4 Å². The molecule has 0 aliphatic rings. The molecular weight excluding hydrogens is 381 g/mol. The largest absolute Gasteiger partial charge is 0.494 e. The molecule has 29 heavy (non-hydrogen) atoms. The summed E-state index contributed by atoms with van der Waals surface area (Å²) >= 11 is 0. The van der Waals surface area contributed by atoms with Gasteiger partial charge in [0.25, 0.3) is 6.47 Å². The third-order valence-electron chi connectivity index (χ3n) is 4.03. The molecule has 152 valence electrons. The number of hydrogen-bond acceptors (Lipinski definition) is 2. The zero-order chi connectivity index (χ0) is 21.1. The molecule has 0 bridgehead atoms. The molecule has 0 aliphatic carbocycles. The quantitative estimate of drug-likeness (QED) is 0.381. The predicted molar refractivity (Wildman–Crippen MR) is 107 cm³/mol. The first-order chi connectivity index (χ1) is 13.9. The number of alkyl halides is 3. The normalized spacial score (nSPS) is 10.6. The van der Waals surface area contributed by atoms with Gasteiger partial charge in [0.15, 0.2) is 0 Å². The maximum absolute atomic E-state index is 12.3. The molecule has 0 aliphatic heterocycles. The van der Waals surface area contributed by atoms with E-state index in [4.69, 9.17) is 14.6 Å². The fourth-order valence-electron chi connectivity index (χ4n) is 2.80. The summed E-state index contributed by atoms with van der Waals surface area (Å²) in [6.07, 6.45) is -5.03. The highest BCUT2D eigenvalue weighted by molar-refractivity contribution is 5.84. The minimum atomic E-state index is -4.14. The average molecular weight is 402 g/mol. The van der Waals surface area contributed by atoms with Crippen molar-refractivity contribution in [2.45, 2.75) is 19.0 Å². The highest BCUT2D eigenvalue weighted by atomic mass is 19.4. The maximum Gasteiger partial charge on any atom is 0.389 e. The van der Waals surface area contributed by atoms with Crippen LogP contribution in [0.1, 0.15) is 12.8 Å². The van der Waals surface area contributed by atoms with Gasteiger partial charge >= 0.3 is 6.18 Å². The second-order valence-electron chi connectivity index (χ2n) is 6.11. The fraction of sp³-hybridized carbons (Fsp3) is 0.174. The van der Waals surface area contributed by atoms with E-state index in [1.807, 2.05) is 78.9 Å². The summed E-state index contributed by atoms with van der Waals surface area (Å²) in [5.74, 6) is 0.575. The number of rotatable bonds is 6. The third kappa shape index (κ3) is 7.33. The highest BCUT2D eigenvalue weighted by Crippen LogP contribution is 2.35. The summed E-state index contributed by atoms with van der Waals surface area (Å²) in [4.78, 5) is 8.36. The Hall–Kier alpha value is -3.28. The monoisotopic (exact) mass is 402 g/mol. The molecule has 0 amide bonds. The Morgan fingerprint density at radius 1 is 0.828 bits per heavy atom. The lowest BCUT2D eigenvalue weighted by Gasteiger charge is -2.14. The van der Waals surface area contributed by atoms with E-state index in [0.29, 0.717) is 5.75 Å². The number of halogens is 3. The SMILES string of the molecule is FC(F)(F)CCCOc1ccc(-c2ccccc2)c(-c2ccccc2)c1.O=CO. The van der Waals surface area contributed by atoms with E-state index >= 15 is 0 Å². The lowest BCUT2D eigenvalue weighted by atomic mass is 9.94. The van der Waals surface area contributed by atoms with E-state index < -0.39 is 12.6 Å². The number of benzene rings is 3. The van der Waals surface area contributed by atoms with Crippen LogP contribution in [0.25, 0.3) is 22.3 Å². The number of carbonyl (C=O) groups is 1. The van der Waals surface area contributed by atoms with Crippen molar-refractivity contribution in [1.82, 2.24) is 0 Å². The lowest BCUT2D eigenvalue weighted by molar-refractivity contribution is -0.136. The third-order valence-corrected chi connectivity index (χ3v) is 4.03. The van der Waals surface area contributed by atoms with Crippen LogP contribution in [0.3, 0.4) is 0 Å². The summed E-state index contributed by atoms with van der Waals surface area (Å²) in [5, 5.41) is 6.89. The smallest absolute Gasteiger partial charge is 0.389 e. The van der Waals surface area contributed by atoms with E-state index in [9.17, 15) is 13.2 Å². The van der Waals surface area contributed by atoms with Crippen molar-refractivity contribution in [2.24, 2.45) is 0 Å². The Balaban J connectivity index is 0.000000941. The van der Waals surface area contributed by atoms with E-state index in [1.165, 1.54) is 0 Å². The molecule has 0 saturated carbocycles. The minimum absolute atomic E-state index is 0.0401. The Morgan fingerprint density at radius 2 is 1.34 bits per heavy atom. The van der Waals surface area contributed by atoms with Crippen molar-refractivity contribution in [1.29, 1.82) is 0 Å². The van der Waals surface area contributed by atoms with Crippen LogP contribution >= 0.6 is 0 Å². The van der Waals surface area contributed by atoms with Crippen LogP contribution in [0.15, 0.2) is 78.9 Å². The Kier molecular flexibility index (Phi) is 8.27. The van der Waals surface area contributed by atoms with E-state index in [-0.39, 0.29) is 19.5 Å². The molecular formula is C23H21F3O3. The Labute approximate surface area is 167 Å². The standard InChI is InChI=1S/C22H19F3O.CH2O2/c23-22(24,25)14-7-15-26-19-12-13-20(17-8-3-1-4-9-17)21(16-19)18-10-5-2-6-11-18;2-1-3/h1-6,8-13,16H,7,14-15H2;1H,(H,2,3). The average Bonchev–Trinajstić information content (AvgIpc) is 2.72. The zero-order valence-electron chi connectivity index (χ0n) is 15.6. The molecule has 3 nitrogen and oxygen atoms in total. The van der Waals surface area contributed by atoms with Crippen molar-refractivity contribution in [3.63, 3.8) is 0 Å². The van der Waals surface area contributed by atoms with Gasteiger partial charge in [-0.2, -0.15) is 13.2 Å². The Morgan fingerprint density at radius 3 is 1.86 bits per heavy atom. The summed E-state index contributed by atoms with van der Waals surface area (Å²) in [6.45, 7) is -0.210. The van der Waals surface area contributed by atoms with E-state index in [1.54, 1.807) is 0 Å². The molecule has 0 radical (unpaired) electrons. The molecule has 0 heterocycles. The first-order valence-corrected chi connectivity index (χ1v) is 8.97. The van der Waals surface area contributed by atoms with Gasteiger partial charge in [-0.15, -0.1) is 0 Å². The topological polar surface area (TPSA) is 46.5 Å². The van der Waals surface area contributed by atoms with E-state index in [0.717, 1.165) is 22.3 Å². The van der Waals surface area contributed by atoms with Gasteiger partial charge in [0, 0.05) is 6.42 Å². The first kappa shape index (κ1) is 22.0. The van der Waals surface area contributed by atoms with Gasteiger partial charge in [-0.3, -0.25) is 4.79 Å². The van der Waals surface area contributed by atoms with E-state index in [2.05, 4.69) is 0 Å². The lowest BCUT2D eigenvalue weighted by Crippen LogP contribution is -2.09. The number of ether oxygens (including phenoxy) is 1. The summed E-state index contributed by atoms with van der Waals surface area (Å²) in [6, 6.07) is 25.5. The molecule has 6 heteroatoms. The van der Waals surface area contributed by atoms with Gasteiger partial charge in [-0.05, 0) is 40.8 Å². The van der Waals surface area contributed by atoms with Gasteiger partial charge < -0.3 is 9.84 Å². The van der Waals surface area contributed by atoms with Crippen molar-refractivity contribution in [2.75, 3.05) is 6.61 Å². The molecule has 0 atom stereocenters. The minimum Gasteiger partial charge on any atom is -0.494 e. The first-order valence-electron chi connectivity index (χ1n) is 8.97. The van der Waals surface area contributed by atoms with Gasteiger partial charge in [-0.25, -0.2) is 0 Å². The fourth-order valence-corrected chi connectivity index (χ4v) is 2.80. The molecule has 1 N–H and O–H groups in total. The second kappa shape index (κ2) is 10.9. The maximum atomic E-state index is 12.3. The summed E-state index contributed by atoms with van der Waals surface area (Å²) in [5.41, 5.74) is 4.16. The van der Waals surface area contributed by atoms with Crippen LogP contribution < -0.4 is 4.74 Å². The number of carboxylic acid groups (broad SMARTS) is 1. The van der Waals surface area contributed by atoms with Gasteiger partial charge in [0.1, 0.15) is 5.75 Å². The van der Waals surface area contributed by atoms with Gasteiger partial charge in [0.05, 0.1) is 6.61 Å². The molecule has 0 fully saturated rings. The zero-order valence-corrected chi connectivity index (χ0v) is 15.6. The van der Waals surface area contributed by atoms with Crippen LogP contribution in [0.2, 0.25) is 0 Å². The summed E-state index contributed by atoms with van der Waals surface area (Å²) in [7, 11) is 0. The van der Waals surface area contributed by atoms with Crippen molar-refractivity contribution in [3.05, 3.63) is 78.9 Å². The van der Waals surface area contributed by atoms with Gasteiger partial charge in [-0.1, -0.05) is 66.7 Å². The molecule has 3 rings (SSSR count). The van der Waals surface area contributed by atoms with Crippen molar-refractivity contribution < 1.29 is 27.8 Å². The van der Waals surface area contributed by atoms with Gasteiger partial charge in [0.2, 0.25) is 0 Å². The molecule has 0 aromatic heterocycles. The molecule has 3 aromatic rings. The van der Waals surface area contributed by atoms with Crippen LogP contribution in [0, 0.1) is 0 Å². The van der Waals surface area contributed by atoms with Crippen LogP contribution in [0.4, 0.5) is 13.2 Å². The molecule has 3 aromatic carbocycles. The highest BCUT2D eigenvalue weighted by Gasteiger charge is 2.26. The Bertz CT molecular complexity index is 879. The summed E-state index contributed by atoms with van der Waals surface area (Å²) < 4.78 is 42.3. The van der Waals surface area contributed by atoms with Crippen molar-refractivity contribution >= 4 is 6.47 Å². The van der Waals surface area contributed by atoms with Crippen LogP contribution in [0.5, 0.6) is 5.75 Å². The molecule has 0 unspecified atom stereocenters.